The molecule has 13 rings (SSSR count). The van der Waals surface area contributed by atoms with Crippen molar-refractivity contribution in [2.24, 2.45) is 0 Å². The fourth-order valence-electron chi connectivity index (χ4n) is 9.08. The zero-order valence-electron chi connectivity index (χ0n) is 31.4. The molecule has 0 atom stereocenters. The lowest BCUT2D eigenvalue weighted by Crippen LogP contribution is -2.00. The van der Waals surface area contributed by atoms with E-state index in [2.05, 4.69) is 168 Å². The molecule has 0 aliphatic heterocycles. The summed E-state index contributed by atoms with van der Waals surface area (Å²) in [6.45, 7) is 0. The van der Waals surface area contributed by atoms with Crippen LogP contribution in [0, 0.1) is 0 Å². The highest BCUT2D eigenvalue weighted by Gasteiger charge is 2.21. The lowest BCUT2D eigenvalue weighted by Gasteiger charge is -2.13. The molecule has 4 heterocycles. The number of aromatic nitrogens is 4. The van der Waals surface area contributed by atoms with Crippen LogP contribution >= 0.6 is 11.3 Å². The zero-order chi connectivity index (χ0) is 38.6. The average molecular weight is 771 g/mol. The van der Waals surface area contributed by atoms with Gasteiger partial charge in [0.2, 0.25) is 0 Å². The van der Waals surface area contributed by atoms with Crippen LogP contribution in [0.15, 0.2) is 186 Å². The van der Waals surface area contributed by atoms with Gasteiger partial charge >= 0.3 is 0 Å². The summed E-state index contributed by atoms with van der Waals surface area (Å²) in [6.07, 6.45) is 0. The van der Waals surface area contributed by atoms with Gasteiger partial charge in [-0.05, 0) is 65.4 Å². The van der Waals surface area contributed by atoms with Crippen molar-refractivity contribution in [1.82, 2.24) is 19.5 Å². The quantitative estimate of drug-likeness (QED) is 0.179. The third kappa shape index (κ3) is 4.87. The molecule has 5 nitrogen and oxygen atoms in total. The van der Waals surface area contributed by atoms with Gasteiger partial charge in [-0.3, -0.25) is 0 Å². The summed E-state index contributed by atoms with van der Waals surface area (Å²) >= 11 is 1.78. The predicted molar refractivity (Wildman–Crippen MR) is 246 cm³/mol. The molecule has 6 heteroatoms. The van der Waals surface area contributed by atoms with Gasteiger partial charge in [0.1, 0.15) is 11.2 Å². The van der Waals surface area contributed by atoms with Gasteiger partial charge in [0.25, 0.3) is 0 Å². The van der Waals surface area contributed by atoms with Gasteiger partial charge in [0.05, 0.1) is 16.7 Å². The van der Waals surface area contributed by atoms with Crippen LogP contribution in [0.2, 0.25) is 0 Å². The van der Waals surface area contributed by atoms with E-state index in [1.807, 2.05) is 18.2 Å². The number of thiophene rings is 1. The van der Waals surface area contributed by atoms with Crippen LogP contribution in [-0.4, -0.2) is 19.5 Å². The summed E-state index contributed by atoms with van der Waals surface area (Å²) in [5.41, 5.74) is 7.93. The van der Waals surface area contributed by atoms with Crippen LogP contribution in [0.4, 0.5) is 0 Å². The molecular formula is C53H30N4OS. The van der Waals surface area contributed by atoms with Crippen LogP contribution < -0.4 is 0 Å². The smallest absolute Gasteiger partial charge is 0.165 e. The molecule has 0 saturated heterocycles. The Labute approximate surface area is 341 Å². The second-order valence-electron chi connectivity index (χ2n) is 15.2. The second kappa shape index (κ2) is 12.4. The van der Waals surface area contributed by atoms with Crippen molar-refractivity contribution in [3.05, 3.63) is 182 Å². The number of furan rings is 1. The van der Waals surface area contributed by atoms with E-state index in [9.17, 15) is 0 Å². The van der Waals surface area contributed by atoms with E-state index in [1.165, 1.54) is 47.2 Å². The Morgan fingerprint density at radius 2 is 1.08 bits per heavy atom. The summed E-state index contributed by atoms with van der Waals surface area (Å²) in [5, 5.41) is 11.6. The molecule has 13 aromatic rings. The number of nitrogens with zero attached hydrogens (tertiary/aromatic N) is 4. The first-order chi connectivity index (χ1) is 29.2. The van der Waals surface area contributed by atoms with E-state index < -0.39 is 0 Å². The molecule has 0 amide bonds. The third-order valence-corrected chi connectivity index (χ3v) is 13.0. The standard InChI is InChI=1S/C53H30N4OS/c1-2-13-31(14-3-1)51-54-52(56-53(55-51)40-22-12-21-39-37-19-9-11-24-48(37)59-50(39)40)34-25-26-47-42(28-34)43-30-46(35-17-6-7-20-38(35)49(43)58-47)57-44-23-10-8-18-36(44)41-27-32-15-4-5-16-33(32)29-45(41)57/h1-30H. The number of hydrogen-bond acceptors (Lipinski definition) is 5. The van der Waals surface area contributed by atoms with Crippen molar-refractivity contribution in [1.29, 1.82) is 0 Å². The molecule has 0 aliphatic rings. The summed E-state index contributed by atoms with van der Waals surface area (Å²) < 4.78 is 11.6. The van der Waals surface area contributed by atoms with Crippen LogP contribution in [0.25, 0.3) is 125 Å². The summed E-state index contributed by atoms with van der Waals surface area (Å²) in [6, 6.07) is 64.4. The average Bonchev–Trinajstić information content (AvgIpc) is 3.97. The number of fused-ring (bicyclic) bond motifs is 12. The van der Waals surface area contributed by atoms with Gasteiger partial charge < -0.3 is 8.98 Å². The van der Waals surface area contributed by atoms with Gasteiger partial charge in [0, 0.05) is 69.2 Å². The van der Waals surface area contributed by atoms with Gasteiger partial charge in [-0.25, -0.2) is 15.0 Å². The highest BCUT2D eigenvalue weighted by Crippen LogP contribution is 2.43. The first-order valence-corrected chi connectivity index (χ1v) is 20.6. The fraction of sp³-hybridized carbons (Fsp3) is 0. The van der Waals surface area contributed by atoms with Crippen LogP contribution in [0.5, 0.6) is 0 Å². The first kappa shape index (κ1) is 32.4. The molecule has 0 N–H and O–H groups in total. The number of rotatable bonds is 4. The molecular weight excluding hydrogens is 741 g/mol. The Balaban J connectivity index is 1.06. The van der Waals surface area contributed by atoms with E-state index >= 15 is 0 Å². The molecule has 9 aromatic carbocycles. The molecule has 0 saturated carbocycles. The monoisotopic (exact) mass is 770 g/mol. The van der Waals surface area contributed by atoms with Crippen LogP contribution in [0.1, 0.15) is 0 Å². The summed E-state index contributed by atoms with van der Waals surface area (Å²) in [7, 11) is 0. The third-order valence-electron chi connectivity index (χ3n) is 11.8. The zero-order valence-corrected chi connectivity index (χ0v) is 32.2. The van der Waals surface area contributed by atoms with Crippen molar-refractivity contribution in [3.8, 4) is 39.9 Å². The summed E-state index contributed by atoms with van der Waals surface area (Å²) in [5.74, 6) is 1.89. The number of hydrogen-bond donors (Lipinski definition) is 0. The van der Waals surface area contributed by atoms with Gasteiger partial charge in [0.15, 0.2) is 17.5 Å². The topological polar surface area (TPSA) is 56.7 Å². The molecule has 274 valence electrons. The second-order valence-corrected chi connectivity index (χ2v) is 16.2. The molecule has 4 aromatic heterocycles. The maximum absolute atomic E-state index is 6.76. The van der Waals surface area contributed by atoms with E-state index in [4.69, 9.17) is 19.4 Å². The summed E-state index contributed by atoms with van der Waals surface area (Å²) in [4.78, 5) is 15.5. The molecule has 0 radical (unpaired) electrons. The normalized spacial score (nSPS) is 12.1. The van der Waals surface area contributed by atoms with E-state index in [1.54, 1.807) is 11.3 Å². The van der Waals surface area contributed by atoms with Gasteiger partial charge in [-0.2, -0.15) is 0 Å². The molecule has 0 bridgehead atoms. The Morgan fingerprint density at radius 1 is 0.407 bits per heavy atom. The van der Waals surface area contributed by atoms with Crippen molar-refractivity contribution in [3.63, 3.8) is 0 Å². The number of para-hydroxylation sites is 1. The largest absolute Gasteiger partial charge is 0.455 e. The molecule has 0 unspecified atom stereocenters. The molecule has 0 fully saturated rings. The fourth-order valence-corrected chi connectivity index (χ4v) is 10.3. The maximum Gasteiger partial charge on any atom is 0.165 e. The minimum absolute atomic E-state index is 0.610. The minimum atomic E-state index is 0.610. The Morgan fingerprint density at radius 3 is 1.95 bits per heavy atom. The highest BCUT2D eigenvalue weighted by atomic mass is 32.1. The van der Waals surface area contributed by atoms with Crippen LogP contribution in [0.3, 0.4) is 0 Å². The van der Waals surface area contributed by atoms with Crippen LogP contribution in [-0.2, 0) is 0 Å². The van der Waals surface area contributed by atoms with E-state index in [0.29, 0.717) is 17.5 Å². The Hall–Kier alpha value is -7.67. The SMILES string of the molecule is c1ccc(-c2nc(-c3ccc4oc5c6ccccc6c(-n6c7ccccc7c7cc8ccccc8cc76)cc5c4c3)nc(-c3cccc4c3sc3ccccc34)n2)cc1. The number of benzene rings is 9. The molecule has 0 spiro atoms. The maximum atomic E-state index is 6.76. The predicted octanol–water partition coefficient (Wildman–Crippen LogP) is 14.5. The van der Waals surface area contributed by atoms with Crippen molar-refractivity contribution >= 4 is 96.8 Å². The van der Waals surface area contributed by atoms with Crippen molar-refractivity contribution in [2.75, 3.05) is 0 Å². The Kier molecular flexibility index (Phi) is 6.82. The van der Waals surface area contributed by atoms with Crippen molar-refractivity contribution < 1.29 is 4.42 Å². The lowest BCUT2D eigenvalue weighted by atomic mass is 10.0. The van der Waals surface area contributed by atoms with E-state index in [-0.39, 0.29) is 0 Å². The molecule has 0 aliphatic carbocycles. The minimum Gasteiger partial charge on any atom is -0.455 e. The first-order valence-electron chi connectivity index (χ1n) is 19.8. The van der Waals surface area contributed by atoms with Gasteiger partial charge in [-0.1, -0.05) is 127 Å². The van der Waals surface area contributed by atoms with Gasteiger partial charge in [-0.15, -0.1) is 11.3 Å². The lowest BCUT2D eigenvalue weighted by molar-refractivity contribution is 0.672. The highest BCUT2D eigenvalue weighted by molar-refractivity contribution is 7.26. The van der Waals surface area contributed by atoms with Crippen molar-refractivity contribution in [2.45, 2.75) is 0 Å². The Bertz CT molecular complexity index is 3860. The molecule has 59 heavy (non-hydrogen) atoms. The van der Waals surface area contributed by atoms with E-state index in [0.717, 1.165) is 60.6 Å².